The smallest absolute Gasteiger partial charge is 0.410 e. The van der Waals surface area contributed by atoms with Crippen molar-refractivity contribution in [2.45, 2.75) is 19.4 Å². The molecule has 1 saturated heterocycles. The molecule has 7 nitrogen and oxygen atoms in total. The summed E-state index contributed by atoms with van der Waals surface area (Å²) >= 11 is 0. The number of allylic oxidation sites excluding steroid dienone is 2. The van der Waals surface area contributed by atoms with E-state index in [4.69, 9.17) is 4.74 Å². The predicted molar refractivity (Wildman–Crippen MR) is 89.8 cm³/mol. The topological polar surface area (TPSA) is 95.9 Å². The highest BCUT2D eigenvalue weighted by atomic mass is 16.6. The first-order chi connectivity index (χ1) is 12.0. The fourth-order valence-electron chi connectivity index (χ4n) is 3.10. The van der Waals surface area contributed by atoms with Crippen molar-refractivity contribution >= 4 is 23.7 Å². The number of benzene rings is 1. The number of amides is 2. The highest BCUT2D eigenvalue weighted by molar-refractivity contribution is 5.95. The third-order valence-electron chi connectivity index (χ3n) is 4.53. The minimum atomic E-state index is -0.947. The fourth-order valence-corrected chi connectivity index (χ4v) is 3.10. The number of hydrogen-bond donors (Lipinski definition) is 2. The number of ether oxygens (including phenoxy) is 1. The van der Waals surface area contributed by atoms with Gasteiger partial charge in [-0.15, -0.1) is 0 Å². The number of cyclic esters (lactones) is 1. The molecule has 7 heteroatoms. The molecule has 0 bridgehead atoms. The molecule has 2 atom stereocenters. The lowest BCUT2D eigenvalue weighted by molar-refractivity contribution is -0.146. The van der Waals surface area contributed by atoms with Crippen LogP contribution in [0.4, 0.5) is 10.5 Å². The van der Waals surface area contributed by atoms with Gasteiger partial charge in [0.05, 0.1) is 18.4 Å². The maximum atomic E-state index is 12.4. The van der Waals surface area contributed by atoms with Crippen molar-refractivity contribution in [2.24, 2.45) is 11.8 Å². The monoisotopic (exact) mass is 344 g/mol. The van der Waals surface area contributed by atoms with Gasteiger partial charge in [0.25, 0.3) is 0 Å². The maximum Gasteiger partial charge on any atom is 0.410 e. The van der Waals surface area contributed by atoms with Gasteiger partial charge in [-0.3, -0.25) is 9.59 Å². The summed E-state index contributed by atoms with van der Waals surface area (Å²) in [6.45, 7) is 1.44. The van der Waals surface area contributed by atoms with Crippen molar-refractivity contribution in [2.75, 3.05) is 18.5 Å². The summed E-state index contributed by atoms with van der Waals surface area (Å²) in [5.41, 5.74) is 1.54. The normalized spacial score (nSPS) is 22.6. The molecule has 0 spiro atoms. The molecule has 1 aliphatic heterocycles. The van der Waals surface area contributed by atoms with Crippen LogP contribution in [0.15, 0.2) is 36.4 Å². The number of aliphatic carboxylic acids is 1. The van der Waals surface area contributed by atoms with Crippen LogP contribution in [0, 0.1) is 11.8 Å². The van der Waals surface area contributed by atoms with E-state index in [1.54, 1.807) is 23.1 Å². The maximum absolute atomic E-state index is 12.4. The molecule has 1 aliphatic carbocycles. The number of carbonyl (C=O) groups is 3. The molecule has 3 rings (SSSR count). The van der Waals surface area contributed by atoms with Crippen molar-refractivity contribution in [1.82, 2.24) is 4.90 Å². The summed E-state index contributed by atoms with van der Waals surface area (Å²) in [6.07, 6.45) is 4.14. The molecule has 1 heterocycles. The summed E-state index contributed by atoms with van der Waals surface area (Å²) in [5.74, 6) is -2.49. The number of rotatable bonds is 5. The quantitative estimate of drug-likeness (QED) is 0.799. The Hall–Kier alpha value is -2.83. The van der Waals surface area contributed by atoms with Crippen molar-refractivity contribution in [1.29, 1.82) is 0 Å². The van der Waals surface area contributed by atoms with Crippen LogP contribution in [0.25, 0.3) is 0 Å². The number of carboxylic acid groups (broad SMARTS) is 1. The van der Waals surface area contributed by atoms with Crippen LogP contribution >= 0.6 is 0 Å². The van der Waals surface area contributed by atoms with Crippen LogP contribution in [0.1, 0.15) is 18.4 Å². The lowest BCUT2D eigenvalue weighted by Gasteiger charge is -2.24. The van der Waals surface area contributed by atoms with Crippen LogP contribution in [0.5, 0.6) is 0 Å². The van der Waals surface area contributed by atoms with Gasteiger partial charge in [0.1, 0.15) is 6.61 Å². The second-order valence-corrected chi connectivity index (χ2v) is 6.22. The number of nitrogens with zero attached hydrogens (tertiary/aromatic N) is 1. The van der Waals surface area contributed by atoms with Gasteiger partial charge in [-0.2, -0.15) is 0 Å². The minimum absolute atomic E-state index is 0.285. The Morgan fingerprint density at radius 3 is 2.44 bits per heavy atom. The van der Waals surface area contributed by atoms with E-state index < -0.39 is 17.8 Å². The Morgan fingerprint density at radius 1 is 1.16 bits per heavy atom. The Morgan fingerprint density at radius 2 is 1.84 bits per heavy atom. The number of nitrogens with one attached hydrogen (secondary N) is 1. The largest absolute Gasteiger partial charge is 0.481 e. The fraction of sp³-hybridized carbons (Fsp3) is 0.389. The number of carbonyl (C=O) groups excluding carboxylic acids is 2. The third kappa shape index (κ3) is 3.99. The molecule has 2 aliphatic rings. The van der Waals surface area contributed by atoms with Crippen LogP contribution in [-0.4, -0.2) is 41.1 Å². The van der Waals surface area contributed by atoms with Crippen LogP contribution < -0.4 is 5.32 Å². The summed E-state index contributed by atoms with van der Waals surface area (Å²) in [4.78, 5) is 36.8. The Labute approximate surface area is 145 Å². The Bertz CT molecular complexity index is 698. The molecule has 2 N–H and O–H groups in total. The molecule has 1 fully saturated rings. The third-order valence-corrected chi connectivity index (χ3v) is 4.53. The predicted octanol–water partition coefficient (Wildman–Crippen LogP) is 2.24. The van der Waals surface area contributed by atoms with E-state index in [1.165, 1.54) is 0 Å². The zero-order chi connectivity index (χ0) is 17.8. The lowest BCUT2D eigenvalue weighted by Crippen LogP contribution is -2.34. The minimum Gasteiger partial charge on any atom is -0.481 e. The summed E-state index contributed by atoms with van der Waals surface area (Å²) in [7, 11) is 0. The van der Waals surface area contributed by atoms with Gasteiger partial charge in [0.15, 0.2) is 0 Å². The zero-order valence-electron chi connectivity index (χ0n) is 13.7. The molecule has 2 unspecified atom stereocenters. The summed E-state index contributed by atoms with van der Waals surface area (Å²) in [5, 5.41) is 12.0. The van der Waals surface area contributed by atoms with E-state index in [1.807, 2.05) is 18.2 Å². The van der Waals surface area contributed by atoms with Crippen LogP contribution in [-0.2, 0) is 20.9 Å². The Kier molecular flexibility index (Phi) is 5.02. The standard InChI is InChI=1S/C18H20N2O5/c21-16(14-3-1-2-4-15(14)17(22)23)19-13-7-5-12(6-8-13)11-20-9-10-25-18(20)24/h1-2,5-8,14-15H,3-4,9-11H2,(H,19,21)(H,22,23). The van der Waals surface area contributed by atoms with Gasteiger partial charge in [0, 0.05) is 12.2 Å². The first-order valence-corrected chi connectivity index (χ1v) is 8.24. The summed E-state index contributed by atoms with van der Waals surface area (Å²) < 4.78 is 4.89. The van der Waals surface area contributed by atoms with Crippen molar-refractivity contribution in [3.63, 3.8) is 0 Å². The van der Waals surface area contributed by atoms with Gasteiger partial charge >= 0.3 is 12.1 Å². The van der Waals surface area contributed by atoms with E-state index >= 15 is 0 Å². The molecule has 0 saturated carbocycles. The second-order valence-electron chi connectivity index (χ2n) is 6.22. The average molecular weight is 344 g/mol. The Balaban J connectivity index is 1.60. The lowest BCUT2D eigenvalue weighted by atomic mass is 9.82. The highest BCUT2D eigenvalue weighted by Gasteiger charge is 2.33. The van der Waals surface area contributed by atoms with Gasteiger partial charge in [-0.25, -0.2) is 4.79 Å². The van der Waals surface area contributed by atoms with E-state index in [-0.39, 0.29) is 12.0 Å². The average Bonchev–Trinajstić information content (AvgIpc) is 3.01. The number of carboxylic acids is 1. The molecule has 0 aromatic heterocycles. The van der Waals surface area contributed by atoms with Gasteiger partial charge < -0.3 is 20.1 Å². The van der Waals surface area contributed by atoms with Crippen molar-refractivity contribution < 1.29 is 24.2 Å². The van der Waals surface area contributed by atoms with Crippen LogP contribution in [0.2, 0.25) is 0 Å². The van der Waals surface area contributed by atoms with Crippen molar-refractivity contribution in [3.05, 3.63) is 42.0 Å². The van der Waals surface area contributed by atoms with Crippen LogP contribution in [0.3, 0.4) is 0 Å². The van der Waals surface area contributed by atoms with Gasteiger partial charge in [-0.05, 0) is 30.5 Å². The highest BCUT2D eigenvalue weighted by Crippen LogP contribution is 2.27. The molecule has 132 valence electrons. The molecular weight excluding hydrogens is 324 g/mol. The SMILES string of the molecule is O=C(O)C1CC=CCC1C(=O)Nc1ccc(CN2CCOC2=O)cc1. The molecule has 25 heavy (non-hydrogen) atoms. The number of anilines is 1. The van der Waals surface area contributed by atoms with E-state index in [2.05, 4.69) is 5.32 Å². The molecular formula is C18H20N2O5. The molecule has 2 amide bonds. The molecule has 1 aromatic rings. The van der Waals surface area contributed by atoms with Gasteiger partial charge in [0.2, 0.25) is 5.91 Å². The van der Waals surface area contributed by atoms with Crippen molar-refractivity contribution in [3.8, 4) is 0 Å². The zero-order valence-corrected chi connectivity index (χ0v) is 13.7. The van der Waals surface area contributed by atoms with E-state index in [0.717, 1.165) is 5.56 Å². The van der Waals surface area contributed by atoms with Gasteiger partial charge in [-0.1, -0.05) is 24.3 Å². The van der Waals surface area contributed by atoms with E-state index in [9.17, 15) is 19.5 Å². The number of hydrogen-bond acceptors (Lipinski definition) is 4. The second kappa shape index (κ2) is 7.38. The van der Waals surface area contributed by atoms with E-state index in [0.29, 0.717) is 38.2 Å². The molecule has 0 radical (unpaired) electrons. The summed E-state index contributed by atoms with van der Waals surface area (Å²) in [6, 6.07) is 7.17. The first kappa shape index (κ1) is 17.0. The molecule has 1 aromatic carbocycles. The first-order valence-electron chi connectivity index (χ1n) is 8.24.